The van der Waals surface area contributed by atoms with Crippen molar-refractivity contribution in [1.82, 2.24) is 10.2 Å². The molecule has 2 aliphatic rings. The second-order valence-electron chi connectivity index (χ2n) is 7.09. The van der Waals surface area contributed by atoms with Crippen LogP contribution in [0.4, 0.5) is 0 Å². The lowest BCUT2D eigenvalue weighted by Crippen LogP contribution is -2.43. The number of rotatable bonds is 3. The number of halogens is 1. The fraction of sp³-hybridized carbons (Fsp3) is 0.474. The number of hydrogen-bond acceptors (Lipinski definition) is 5. The molecule has 2 aliphatic heterocycles. The molecule has 7 heteroatoms. The molecule has 26 heavy (non-hydrogen) atoms. The zero-order valence-electron chi connectivity index (χ0n) is 14.5. The van der Waals surface area contributed by atoms with Gasteiger partial charge in [0, 0.05) is 42.6 Å². The van der Waals surface area contributed by atoms with E-state index in [2.05, 4.69) is 5.32 Å². The molecular weight excluding hydrogens is 356 g/mol. The van der Waals surface area contributed by atoms with Crippen LogP contribution in [0.25, 0.3) is 11.0 Å². The van der Waals surface area contributed by atoms with Crippen molar-refractivity contribution in [1.29, 1.82) is 0 Å². The van der Waals surface area contributed by atoms with Gasteiger partial charge < -0.3 is 19.4 Å². The zero-order chi connectivity index (χ0) is 17.3. The van der Waals surface area contributed by atoms with Crippen LogP contribution in [0.3, 0.4) is 0 Å². The van der Waals surface area contributed by atoms with Gasteiger partial charge in [0.05, 0.1) is 0 Å². The molecule has 1 atom stereocenters. The first-order chi connectivity index (χ1) is 12.1. The van der Waals surface area contributed by atoms with Gasteiger partial charge in [-0.1, -0.05) is 0 Å². The third-order valence-corrected chi connectivity index (χ3v) is 5.31. The summed E-state index contributed by atoms with van der Waals surface area (Å²) in [6, 6.07) is 8.34. The van der Waals surface area contributed by atoms with E-state index in [0.717, 1.165) is 38.0 Å². The van der Waals surface area contributed by atoms with Crippen LogP contribution < -0.4 is 15.7 Å². The first-order valence-electron chi connectivity index (χ1n) is 8.79. The van der Waals surface area contributed by atoms with E-state index in [-0.39, 0.29) is 30.3 Å². The van der Waals surface area contributed by atoms with E-state index in [9.17, 15) is 9.59 Å². The molecule has 1 unspecified atom stereocenters. The molecule has 0 aliphatic carbocycles. The molecule has 1 aromatic carbocycles. The van der Waals surface area contributed by atoms with Gasteiger partial charge in [0.1, 0.15) is 11.3 Å². The Hall–Kier alpha value is -2.05. The smallest absolute Gasteiger partial charge is 0.336 e. The fourth-order valence-electron chi connectivity index (χ4n) is 3.89. The minimum absolute atomic E-state index is 0. The number of hydrogen-bond donors (Lipinski definition) is 1. The Kier molecular flexibility index (Phi) is 5.53. The number of ether oxygens (including phenoxy) is 1. The zero-order valence-corrected chi connectivity index (χ0v) is 15.3. The van der Waals surface area contributed by atoms with Crippen molar-refractivity contribution in [2.75, 3.05) is 32.8 Å². The van der Waals surface area contributed by atoms with Crippen LogP contribution >= 0.6 is 12.4 Å². The third-order valence-electron chi connectivity index (χ3n) is 5.31. The van der Waals surface area contributed by atoms with Crippen molar-refractivity contribution in [3.8, 4) is 5.75 Å². The molecule has 0 bridgehead atoms. The summed E-state index contributed by atoms with van der Waals surface area (Å²) >= 11 is 0. The number of carbonyl (C=O) groups is 1. The van der Waals surface area contributed by atoms with Crippen LogP contribution in [-0.4, -0.2) is 43.6 Å². The summed E-state index contributed by atoms with van der Waals surface area (Å²) in [6.45, 7) is 3.70. The molecule has 1 N–H and O–H groups in total. The van der Waals surface area contributed by atoms with Gasteiger partial charge in [-0.2, -0.15) is 0 Å². The van der Waals surface area contributed by atoms with Gasteiger partial charge in [0.2, 0.25) is 0 Å². The first kappa shape index (κ1) is 18.7. The number of likely N-dealkylation sites (tertiary alicyclic amines) is 1. The number of nitrogens with zero attached hydrogens (tertiary/aromatic N) is 1. The van der Waals surface area contributed by atoms with Crippen LogP contribution in [0, 0.1) is 5.41 Å². The standard InChI is InChI=1S/C19H22N2O4.ClH/c22-17(21-9-7-19(13-21)6-1-8-20-12-19)11-24-15-4-2-14-3-5-18(23)25-16(14)10-15;/h2-5,10,20H,1,6-9,11-13H2;1H. The van der Waals surface area contributed by atoms with Crippen LogP contribution in [0.15, 0.2) is 39.5 Å². The van der Waals surface area contributed by atoms with E-state index in [0.29, 0.717) is 11.3 Å². The van der Waals surface area contributed by atoms with Crippen LogP contribution in [0.5, 0.6) is 5.75 Å². The molecule has 1 spiro atoms. The Labute approximate surface area is 157 Å². The Balaban J connectivity index is 0.00000196. The molecular formula is C19H23ClN2O4. The van der Waals surface area contributed by atoms with Crippen LogP contribution in [-0.2, 0) is 4.79 Å². The fourth-order valence-corrected chi connectivity index (χ4v) is 3.89. The third kappa shape index (κ3) is 3.86. The average Bonchev–Trinajstić information content (AvgIpc) is 3.03. The van der Waals surface area contributed by atoms with Gasteiger partial charge in [0.15, 0.2) is 6.61 Å². The number of benzene rings is 1. The minimum atomic E-state index is -0.399. The molecule has 2 aromatic rings. The number of carbonyl (C=O) groups excluding carboxylic acids is 1. The quantitative estimate of drug-likeness (QED) is 0.829. The van der Waals surface area contributed by atoms with Crippen LogP contribution in [0.2, 0.25) is 0 Å². The molecule has 0 saturated carbocycles. The van der Waals surface area contributed by atoms with Gasteiger partial charge in [0.25, 0.3) is 5.91 Å². The molecule has 0 radical (unpaired) electrons. The maximum atomic E-state index is 12.5. The Bertz CT molecular complexity index is 845. The second kappa shape index (κ2) is 7.68. The topological polar surface area (TPSA) is 71.8 Å². The van der Waals surface area contributed by atoms with Crippen molar-refractivity contribution < 1.29 is 13.9 Å². The van der Waals surface area contributed by atoms with Gasteiger partial charge in [-0.3, -0.25) is 4.79 Å². The lowest BCUT2D eigenvalue weighted by atomic mass is 9.80. The Morgan fingerprint density at radius 1 is 1.27 bits per heavy atom. The maximum Gasteiger partial charge on any atom is 0.336 e. The molecule has 2 saturated heterocycles. The molecule has 2 fully saturated rings. The summed E-state index contributed by atoms with van der Waals surface area (Å²) in [7, 11) is 0. The molecule has 4 rings (SSSR count). The van der Waals surface area contributed by atoms with E-state index in [1.807, 2.05) is 11.0 Å². The highest BCUT2D eigenvalue weighted by atomic mass is 35.5. The minimum Gasteiger partial charge on any atom is -0.484 e. The monoisotopic (exact) mass is 378 g/mol. The van der Waals surface area contributed by atoms with Gasteiger partial charge in [-0.05, 0) is 44.0 Å². The van der Waals surface area contributed by atoms with Gasteiger partial charge in [-0.15, -0.1) is 12.4 Å². The number of amides is 1. The highest BCUT2D eigenvalue weighted by Crippen LogP contribution is 2.36. The van der Waals surface area contributed by atoms with E-state index >= 15 is 0 Å². The second-order valence-corrected chi connectivity index (χ2v) is 7.09. The van der Waals surface area contributed by atoms with Crippen LogP contribution in [0.1, 0.15) is 19.3 Å². The lowest BCUT2D eigenvalue weighted by Gasteiger charge is -2.33. The number of nitrogens with one attached hydrogen (secondary N) is 1. The summed E-state index contributed by atoms with van der Waals surface area (Å²) in [5.41, 5.74) is 0.315. The predicted molar refractivity (Wildman–Crippen MR) is 101 cm³/mol. The van der Waals surface area contributed by atoms with Gasteiger partial charge >= 0.3 is 5.63 Å². The van der Waals surface area contributed by atoms with Crippen molar-refractivity contribution in [2.45, 2.75) is 19.3 Å². The summed E-state index contributed by atoms with van der Waals surface area (Å²) in [5.74, 6) is 0.542. The van der Waals surface area contributed by atoms with Crippen molar-refractivity contribution in [2.24, 2.45) is 5.41 Å². The van der Waals surface area contributed by atoms with Crippen molar-refractivity contribution >= 4 is 29.3 Å². The van der Waals surface area contributed by atoms with Crippen molar-refractivity contribution in [3.05, 3.63) is 40.8 Å². The van der Waals surface area contributed by atoms with Gasteiger partial charge in [-0.25, -0.2) is 4.79 Å². The predicted octanol–water partition coefficient (Wildman–Crippen LogP) is 2.20. The maximum absolute atomic E-state index is 12.5. The van der Waals surface area contributed by atoms with E-state index in [1.165, 1.54) is 18.9 Å². The van der Waals surface area contributed by atoms with Crippen molar-refractivity contribution in [3.63, 3.8) is 0 Å². The lowest BCUT2D eigenvalue weighted by molar-refractivity contribution is -0.132. The largest absolute Gasteiger partial charge is 0.484 e. The Morgan fingerprint density at radius 2 is 2.12 bits per heavy atom. The number of fused-ring (bicyclic) bond motifs is 1. The summed E-state index contributed by atoms with van der Waals surface area (Å²) in [5, 5.41) is 4.27. The number of piperidine rings is 1. The molecule has 1 aromatic heterocycles. The molecule has 1 amide bonds. The van der Waals surface area contributed by atoms with E-state index in [4.69, 9.17) is 9.15 Å². The van der Waals surface area contributed by atoms with E-state index < -0.39 is 5.63 Å². The summed E-state index contributed by atoms with van der Waals surface area (Å²) in [4.78, 5) is 25.7. The SMILES string of the molecule is Cl.O=C(COc1ccc2ccc(=O)oc2c1)N1CCC2(CCCNC2)C1. The average molecular weight is 379 g/mol. The first-order valence-corrected chi connectivity index (χ1v) is 8.79. The molecule has 140 valence electrons. The summed E-state index contributed by atoms with van der Waals surface area (Å²) in [6.07, 6.45) is 3.43. The van der Waals surface area contributed by atoms with E-state index in [1.54, 1.807) is 18.2 Å². The Morgan fingerprint density at radius 3 is 2.92 bits per heavy atom. The molecule has 3 heterocycles. The highest BCUT2D eigenvalue weighted by Gasteiger charge is 2.40. The normalized spacial score (nSPS) is 22.4. The highest BCUT2D eigenvalue weighted by molar-refractivity contribution is 5.85. The molecule has 6 nitrogen and oxygen atoms in total. The summed E-state index contributed by atoms with van der Waals surface area (Å²) < 4.78 is 10.8.